The van der Waals surface area contributed by atoms with Crippen LogP contribution in [0.4, 0.5) is 0 Å². The molecule has 0 heterocycles. The van der Waals surface area contributed by atoms with Crippen LogP contribution in [0.1, 0.15) is 54.1 Å². The molecule has 0 radical (unpaired) electrons. The first-order chi connectivity index (χ1) is 12.3. The van der Waals surface area contributed by atoms with Crippen LogP contribution in [0, 0.1) is 6.92 Å². The van der Waals surface area contributed by atoms with Crippen molar-refractivity contribution in [2.75, 3.05) is 0 Å². The maximum absolute atomic E-state index is 6.85. The Balaban J connectivity index is 1.67. The molecule has 1 nitrogen and oxygen atoms in total. The zero-order chi connectivity index (χ0) is 18.7. The molecule has 2 aliphatic carbocycles. The summed E-state index contributed by atoms with van der Waals surface area (Å²) in [5.74, 6) is 0. The highest BCUT2D eigenvalue weighted by Crippen LogP contribution is 2.59. The number of rotatable bonds is 5. The molecule has 0 aromatic heterocycles. The third-order valence-electron chi connectivity index (χ3n) is 7.21. The average molecular weight is 361 g/mol. The Morgan fingerprint density at radius 2 is 1.62 bits per heavy atom. The summed E-state index contributed by atoms with van der Waals surface area (Å²) in [4.78, 5) is 0. The molecule has 0 N–H and O–H groups in total. The van der Waals surface area contributed by atoms with Gasteiger partial charge in [-0.05, 0) is 41.7 Å². The molecule has 2 aliphatic rings. The van der Waals surface area contributed by atoms with E-state index in [1.54, 1.807) is 0 Å². The summed E-state index contributed by atoms with van der Waals surface area (Å²) in [6, 6.07) is 15.3. The zero-order valence-electron chi connectivity index (χ0n) is 16.3. The second-order valence-electron chi connectivity index (χ2n) is 8.45. The van der Waals surface area contributed by atoms with Crippen molar-refractivity contribution in [1.29, 1.82) is 0 Å². The van der Waals surface area contributed by atoms with Crippen molar-refractivity contribution < 1.29 is 4.43 Å². The molecule has 0 bridgehead atoms. The van der Waals surface area contributed by atoms with Gasteiger partial charge in [-0.1, -0.05) is 68.5 Å². The van der Waals surface area contributed by atoms with Crippen LogP contribution >= 0.6 is 0 Å². The van der Waals surface area contributed by atoms with Crippen LogP contribution < -0.4 is 0 Å². The molecule has 2 unspecified atom stereocenters. The summed E-state index contributed by atoms with van der Waals surface area (Å²) < 4.78 is 6.85. The lowest BCUT2D eigenvalue weighted by Crippen LogP contribution is -2.57. The van der Waals surface area contributed by atoms with Gasteiger partial charge in [-0.3, -0.25) is 0 Å². The number of allylic oxidation sites excluding steroid dienone is 2. The summed E-state index contributed by atoms with van der Waals surface area (Å²) in [6.45, 7) is 17.4. The molecule has 0 spiro atoms. The summed E-state index contributed by atoms with van der Waals surface area (Å²) in [5.41, 5.74) is 7.05. The van der Waals surface area contributed by atoms with E-state index in [-0.39, 0.29) is 16.4 Å². The summed E-state index contributed by atoms with van der Waals surface area (Å²) in [6.07, 6.45) is 4.13. The van der Waals surface area contributed by atoms with Gasteiger partial charge < -0.3 is 4.43 Å². The van der Waals surface area contributed by atoms with Gasteiger partial charge in [0.2, 0.25) is 0 Å². The minimum absolute atomic E-state index is 0.0373. The fourth-order valence-electron chi connectivity index (χ4n) is 5.21. The smallest absolute Gasteiger partial charge is 0.171 e. The lowest BCUT2D eigenvalue weighted by Gasteiger charge is -2.58. The number of hydrogen-bond donors (Lipinski definition) is 0. The van der Waals surface area contributed by atoms with E-state index >= 15 is 0 Å². The molecule has 4 rings (SSSR count). The van der Waals surface area contributed by atoms with E-state index < -0.39 is 9.76 Å². The van der Waals surface area contributed by atoms with E-state index in [9.17, 15) is 0 Å². The van der Waals surface area contributed by atoms with Gasteiger partial charge in [-0.25, -0.2) is 0 Å². The van der Waals surface area contributed by atoms with Gasteiger partial charge >= 0.3 is 0 Å². The van der Waals surface area contributed by atoms with Gasteiger partial charge in [0, 0.05) is 16.4 Å². The number of benzene rings is 2. The lowest BCUT2D eigenvalue weighted by molar-refractivity contribution is -0.0210. The summed E-state index contributed by atoms with van der Waals surface area (Å²) >= 11 is 0. The van der Waals surface area contributed by atoms with Crippen molar-refractivity contribution in [3.05, 3.63) is 95.6 Å². The van der Waals surface area contributed by atoms with Gasteiger partial charge in [-0.2, -0.15) is 0 Å². The fraction of sp³-hybridized carbons (Fsp3) is 0.333. The Bertz CT molecular complexity index is 902. The number of hydrogen-bond acceptors (Lipinski definition) is 1. The van der Waals surface area contributed by atoms with Gasteiger partial charge in [0.25, 0.3) is 0 Å². The molecular formula is C24H28OSi. The van der Waals surface area contributed by atoms with E-state index in [0.29, 0.717) is 5.54 Å². The predicted molar refractivity (Wildman–Crippen MR) is 112 cm³/mol. The molecule has 2 atom stereocenters. The van der Waals surface area contributed by atoms with Crippen LogP contribution in [-0.4, -0.2) is 9.76 Å². The lowest BCUT2D eigenvalue weighted by atomic mass is 9.55. The Hall–Kier alpha value is -1.90. The van der Waals surface area contributed by atoms with Crippen LogP contribution in [0.3, 0.4) is 0 Å². The average Bonchev–Trinajstić information content (AvgIpc) is 2.63. The molecule has 2 aromatic carbocycles. The van der Waals surface area contributed by atoms with E-state index in [1.807, 2.05) is 0 Å². The van der Waals surface area contributed by atoms with Crippen molar-refractivity contribution in [3.8, 4) is 0 Å². The predicted octanol–water partition coefficient (Wildman–Crippen LogP) is 4.97. The molecule has 0 fully saturated rings. The van der Waals surface area contributed by atoms with Crippen LogP contribution in [0.5, 0.6) is 0 Å². The fourth-order valence-corrected chi connectivity index (χ4v) is 7.58. The summed E-state index contributed by atoms with van der Waals surface area (Å²) in [5, 5.41) is 0. The van der Waals surface area contributed by atoms with Crippen LogP contribution in [-0.2, 0) is 20.9 Å². The minimum atomic E-state index is -0.843. The maximum atomic E-state index is 6.85. The Morgan fingerprint density at radius 3 is 2.31 bits per heavy atom. The third-order valence-corrected chi connectivity index (χ3v) is 9.40. The highest BCUT2D eigenvalue weighted by atomic mass is 28.2. The number of fused-ring (bicyclic) bond motifs is 2. The van der Waals surface area contributed by atoms with E-state index in [1.165, 1.54) is 27.8 Å². The Labute approximate surface area is 159 Å². The van der Waals surface area contributed by atoms with Gasteiger partial charge in [0.1, 0.15) is 0 Å². The minimum Gasteiger partial charge on any atom is -0.413 e. The maximum Gasteiger partial charge on any atom is 0.171 e. The van der Waals surface area contributed by atoms with Gasteiger partial charge in [-0.15, -0.1) is 13.2 Å². The normalized spacial score (nSPS) is 27.2. The first kappa shape index (κ1) is 17.5. The first-order valence-electron chi connectivity index (χ1n) is 9.44. The molecule has 26 heavy (non-hydrogen) atoms. The quantitative estimate of drug-likeness (QED) is 0.540. The Kier molecular flexibility index (Phi) is 3.73. The van der Waals surface area contributed by atoms with Crippen LogP contribution in [0.2, 0.25) is 0 Å². The van der Waals surface area contributed by atoms with Crippen molar-refractivity contribution in [1.82, 2.24) is 0 Å². The zero-order valence-corrected chi connectivity index (χ0v) is 17.7. The molecule has 2 aromatic rings. The van der Waals surface area contributed by atoms with Crippen molar-refractivity contribution in [2.45, 2.75) is 49.7 Å². The topological polar surface area (TPSA) is 9.23 Å². The van der Waals surface area contributed by atoms with Crippen LogP contribution in [0.15, 0.2) is 67.8 Å². The second kappa shape index (κ2) is 5.55. The molecule has 0 amide bonds. The van der Waals surface area contributed by atoms with Crippen LogP contribution in [0.25, 0.3) is 0 Å². The highest BCUT2D eigenvalue weighted by molar-refractivity contribution is 6.32. The molecular weight excluding hydrogens is 332 g/mol. The van der Waals surface area contributed by atoms with Crippen molar-refractivity contribution in [3.63, 3.8) is 0 Å². The molecule has 2 heteroatoms. The first-order valence-corrected chi connectivity index (χ1v) is 10.8. The molecule has 0 saturated carbocycles. The van der Waals surface area contributed by atoms with E-state index in [4.69, 9.17) is 4.43 Å². The number of aryl methyl sites for hydroxylation is 1. The second-order valence-corrected chi connectivity index (χ2v) is 9.89. The largest absolute Gasteiger partial charge is 0.413 e. The van der Waals surface area contributed by atoms with Crippen molar-refractivity contribution >= 4 is 9.76 Å². The van der Waals surface area contributed by atoms with Crippen molar-refractivity contribution in [2.24, 2.45) is 0 Å². The summed E-state index contributed by atoms with van der Waals surface area (Å²) in [7, 11) is -0.843. The van der Waals surface area contributed by atoms with E-state index in [0.717, 1.165) is 0 Å². The van der Waals surface area contributed by atoms with Gasteiger partial charge in [0.15, 0.2) is 9.76 Å². The van der Waals surface area contributed by atoms with Gasteiger partial charge in [0.05, 0.1) is 5.60 Å². The monoisotopic (exact) mass is 360 g/mol. The molecule has 134 valence electrons. The SMILES string of the molecule is C=CC1(C=C)c2ccccc2C1[SiH2]OC1(C)c2c(C)cccc2C1(C)C. The molecule has 0 aliphatic heterocycles. The molecule has 0 saturated heterocycles. The Morgan fingerprint density at radius 1 is 0.962 bits per heavy atom. The standard InChI is InChI=1S/C24H28OSi/c1-7-24(8-2)18-14-10-9-13-17(18)21(24)26-25-23(6)20-16(3)12-11-15-19(20)22(23,4)5/h7-15,21H,1-2,26H2,3-6H3. The third kappa shape index (κ3) is 1.89. The highest BCUT2D eigenvalue weighted by Gasteiger charge is 2.57. The van der Waals surface area contributed by atoms with E-state index in [2.05, 4.69) is 95.5 Å².